The van der Waals surface area contributed by atoms with Crippen LogP contribution in [-0.2, 0) is 9.47 Å². The van der Waals surface area contributed by atoms with Gasteiger partial charge in [0.15, 0.2) is 5.79 Å². The van der Waals surface area contributed by atoms with Gasteiger partial charge in [-0.3, -0.25) is 0 Å². The second kappa shape index (κ2) is 6.70. The Kier molecular flexibility index (Phi) is 4.58. The van der Waals surface area contributed by atoms with Crippen LogP contribution in [0.2, 0.25) is 0 Å². The van der Waals surface area contributed by atoms with Crippen LogP contribution >= 0.6 is 0 Å². The molecular weight excluding hydrogens is 372 g/mol. The topological polar surface area (TPSA) is 38.7 Å². The molecule has 0 unspecified atom stereocenters. The van der Waals surface area contributed by atoms with Crippen molar-refractivity contribution < 1.29 is 14.6 Å². The highest BCUT2D eigenvalue weighted by atomic mass is 16.7. The Balaban J connectivity index is 1.26. The van der Waals surface area contributed by atoms with Crippen LogP contribution in [0.5, 0.6) is 0 Å². The Morgan fingerprint density at radius 1 is 0.833 bits per heavy atom. The minimum absolute atomic E-state index is 0.0389. The molecule has 6 fully saturated rings. The van der Waals surface area contributed by atoms with Crippen molar-refractivity contribution in [3.05, 3.63) is 0 Å². The molecule has 4 saturated carbocycles. The van der Waals surface area contributed by atoms with E-state index in [4.69, 9.17) is 9.47 Å². The fourth-order valence-corrected chi connectivity index (χ4v) is 10.3. The zero-order valence-corrected chi connectivity index (χ0v) is 19.7. The van der Waals surface area contributed by atoms with Crippen molar-refractivity contribution in [3.63, 3.8) is 0 Å². The van der Waals surface area contributed by atoms with Gasteiger partial charge in [0, 0.05) is 12.3 Å². The molecule has 2 aliphatic heterocycles. The van der Waals surface area contributed by atoms with E-state index in [9.17, 15) is 5.11 Å². The summed E-state index contributed by atoms with van der Waals surface area (Å²) in [4.78, 5) is 0. The Morgan fingerprint density at radius 3 is 2.40 bits per heavy atom. The van der Waals surface area contributed by atoms with Crippen LogP contribution in [0.25, 0.3) is 0 Å². The van der Waals surface area contributed by atoms with Crippen molar-refractivity contribution in [3.8, 4) is 0 Å². The Bertz CT molecular complexity index is 684. The van der Waals surface area contributed by atoms with Crippen molar-refractivity contribution in [1.82, 2.24) is 0 Å². The van der Waals surface area contributed by atoms with Crippen molar-refractivity contribution in [2.75, 3.05) is 6.61 Å². The number of hydrogen-bond donors (Lipinski definition) is 1. The standard InChI is InChI=1S/C27H44O3/c1-16-7-12-27(29-15-16)17(2)24-23(30-27)14-22-20-6-5-18-13-19(28)8-10-25(18,3)21(20)9-11-26(22,24)4/h16-24,28H,5-15H2,1-4H3/t16-,17-,18+,19+,20-,21+,22+,23+,24+,25+,26+,27-/m1/s1. The minimum Gasteiger partial charge on any atom is -0.393 e. The van der Waals surface area contributed by atoms with Crippen LogP contribution in [-0.4, -0.2) is 29.7 Å². The fourth-order valence-electron chi connectivity index (χ4n) is 10.3. The quantitative estimate of drug-likeness (QED) is 0.543. The van der Waals surface area contributed by atoms with Gasteiger partial charge in [-0.2, -0.15) is 0 Å². The molecule has 12 atom stereocenters. The van der Waals surface area contributed by atoms with E-state index in [0.717, 1.165) is 49.5 Å². The van der Waals surface area contributed by atoms with Crippen LogP contribution < -0.4 is 0 Å². The van der Waals surface area contributed by atoms with Gasteiger partial charge in [-0.25, -0.2) is 0 Å². The van der Waals surface area contributed by atoms with Gasteiger partial charge in [0.2, 0.25) is 0 Å². The molecule has 3 heteroatoms. The highest BCUT2D eigenvalue weighted by molar-refractivity contribution is 5.15. The van der Waals surface area contributed by atoms with Gasteiger partial charge in [-0.05, 0) is 104 Å². The monoisotopic (exact) mass is 416 g/mol. The lowest BCUT2D eigenvalue weighted by Crippen LogP contribution is -2.55. The SMILES string of the molecule is C[C@@H]1CC[C@@]2(OC1)O[C@H]1C[C@H]3[C@@H]4CC[C@H]5C[C@@H](O)CC[C@]5(C)[C@H]4CC[C@]3(C)[C@H]1[C@H]2C. The van der Waals surface area contributed by atoms with E-state index in [1.165, 1.54) is 44.9 Å². The molecule has 0 aromatic heterocycles. The van der Waals surface area contributed by atoms with Crippen LogP contribution in [0.3, 0.4) is 0 Å². The van der Waals surface area contributed by atoms with E-state index in [-0.39, 0.29) is 11.9 Å². The first-order chi connectivity index (χ1) is 14.3. The summed E-state index contributed by atoms with van der Waals surface area (Å²) in [5.41, 5.74) is 0.899. The molecule has 2 saturated heterocycles. The summed E-state index contributed by atoms with van der Waals surface area (Å²) in [6.07, 6.45) is 12.9. The summed E-state index contributed by atoms with van der Waals surface area (Å²) < 4.78 is 13.4. The molecular formula is C27H44O3. The van der Waals surface area contributed by atoms with Crippen molar-refractivity contribution in [1.29, 1.82) is 0 Å². The van der Waals surface area contributed by atoms with Gasteiger partial charge < -0.3 is 14.6 Å². The predicted molar refractivity (Wildman–Crippen MR) is 118 cm³/mol. The lowest BCUT2D eigenvalue weighted by molar-refractivity contribution is -0.273. The van der Waals surface area contributed by atoms with Gasteiger partial charge in [0.05, 0.1) is 18.8 Å². The third-order valence-electron chi connectivity index (χ3n) is 11.9. The highest BCUT2D eigenvalue weighted by Gasteiger charge is 2.69. The van der Waals surface area contributed by atoms with Gasteiger partial charge >= 0.3 is 0 Å². The molecule has 0 amide bonds. The maximum absolute atomic E-state index is 10.3. The molecule has 0 aromatic carbocycles. The lowest BCUT2D eigenvalue weighted by Gasteiger charge is -2.61. The number of aliphatic hydroxyl groups is 1. The number of fused-ring (bicyclic) bond motifs is 7. The second-order valence-electron chi connectivity index (χ2n) is 13.1. The van der Waals surface area contributed by atoms with E-state index >= 15 is 0 Å². The average molecular weight is 417 g/mol. The predicted octanol–water partition coefficient (Wildman–Crippen LogP) is 5.79. The molecule has 2 heterocycles. The molecule has 0 aromatic rings. The third kappa shape index (κ3) is 2.61. The van der Waals surface area contributed by atoms with Crippen LogP contribution in [0, 0.1) is 52.3 Å². The first kappa shape index (κ1) is 20.5. The fraction of sp³-hybridized carbons (Fsp3) is 1.00. The summed E-state index contributed by atoms with van der Waals surface area (Å²) in [5.74, 6) is 4.93. The van der Waals surface area contributed by atoms with Crippen LogP contribution in [0.1, 0.15) is 91.9 Å². The Labute approximate surface area is 183 Å². The smallest absolute Gasteiger partial charge is 0.171 e. The van der Waals surface area contributed by atoms with Gasteiger partial charge in [0.1, 0.15) is 0 Å². The van der Waals surface area contributed by atoms with Crippen LogP contribution in [0.4, 0.5) is 0 Å². The first-order valence-corrected chi connectivity index (χ1v) is 13.3. The molecule has 1 N–H and O–H groups in total. The molecule has 6 aliphatic rings. The Hall–Kier alpha value is -0.120. The van der Waals surface area contributed by atoms with Crippen molar-refractivity contribution in [2.24, 2.45) is 52.3 Å². The van der Waals surface area contributed by atoms with Gasteiger partial charge in [-0.15, -0.1) is 0 Å². The van der Waals surface area contributed by atoms with Gasteiger partial charge in [0.25, 0.3) is 0 Å². The normalized spacial score (nSPS) is 62.5. The molecule has 4 aliphatic carbocycles. The van der Waals surface area contributed by atoms with E-state index in [2.05, 4.69) is 27.7 Å². The second-order valence-corrected chi connectivity index (χ2v) is 13.1. The summed E-state index contributed by atoms with van der Waals surface area (Å²) in [6, 6.07) is 0. The average Bonchev–Trinajstić information content (AvgIpc) is 3.16. The molecule has 1 spiro atoms. The molecule has 30 heavy (non-hydrogen) atoms. The van der Waals surface area contributed by atoms with E-state index in [1.807, 2.05) is 0 Å². The number of aliphatic hydroxyl groups excluding tert-OH is 1. The molecule has 0 bridgehead atoms. The number of hydrogen-bond acceptors (Lipinski definition) is 3. The lowest BCUT2D eigenvalue weighted by atomic mass is 9.44. The van der Waals surface area contributed by atoms with Crippen molar-refractivity contribution >= 4 is 0 Å². The summed E-state index contributed by atoms with van der Waals surface area (Å²) >= 11 is 0. The zero-order valence-electron chi connectivity index (χ0n) is 19.7. The van der Waals surface area contributed by atoms with Crippen molar-refractivity contribution in [2.45, 2.75) is 110 Å². The third-order valence-corrected chi connectivity index (χ3v) is 11.9. The molecule has 3 nitrogen and oxygen atoms in total. The zero-order chi connectivity index (χ0) is 20.9. The van der Waals surface area contributed by atoms with E-state index in [0.29, 0.717) is 34.7 Å². The van der Waals surface area contributed by atoms with E-state index in [1.54, 1.807) is 0 Å². The number of rotatable bonds is 0. The molecule has 6 rings (SSSR count). The summed E-state index contributed by atoms with van der Waals surface area (Å²) in [5, 5.41) is 10.3. The maximum Gasteiger partial charge on any atom is 0.171 e. The summed E-state index contributed by atoms with van der Waals surface area (Å²) in [7, 11) is 0. The highest BCUT2D eigenvalue weighted by Crippen LogP contribution is 2.71. The minimum atomic E-state index is -0.282. The summed E-state index contributed by atoms with van der Waals surface area (Å²) in [6.45, 7) is 10.9. The van der Waals surface area contributed by atoms with Crippen LogP contribution in [0.15, 0.2) is 0 Å². The Morgan fingerprint density at radius 2 is 1.63 bits per heavy atom. The first-order valence-electron chi connectivity index (χ1n) is 13.3. The van der Waals surface area contributed by atoms with E-state index < -0.39 is 0 Å². The number of ether oxygens (including phenoxy) is 2. The molecule has 170 valence electrons. The molecule has 0 radical (unpaired) electrons. The van der Waals surface area contributed by atoms with Gasteiger partial charge in [-0.1, -0.05) is 27.7 Å². The maximum atomic E-state index is 10.3. The largest absolute Gasteiger partial charge is 0.393 e.